The molecule has 204 valence electrons. The molecule has 4 aromatic rings. The van der Waals surface area contributed by atoms with Crippen molar-refractivity contribution in [1.29, 1.82) is 0 Å². The Balaban J connectivity index is 1.18. The van der Waals surface area contributed by atoms with Gasteiger partial charge < -0.3 is 29.6 Å². The molecule has 4 heterocycles. The van der Waals surface area contributed by atoms with Crippen molar-refractivity contribution in [3.8, 4) is 11.5 Å². The largest absolute Gasteiger partial charge is 0.457 e. The fraction of sp³-hybridized carbons (Fsp3) is 0.258. The van der Waals surface area contributed by atoms with Gasteiger partial charge in [-0.15, -0.1) is 0 Å². The maximum Gasteiger partial charge on any atom is 0.246 e. The zero-order chi connectivity index (χ0) is 27.8. The fourth-order valence-electron chi connectivity index (χ4n) is 5.17. The van der Waals surface area contributed by atoms with Crippen LogP contribution in [0.3, 0.4) is 0 Å². The van der Waals surface area contributed by atoms with E-state index in [4.69, 9.17) is 9.15 Å². The van der Waals surface area contributed by atoms with E-state index in [9.17, 15) is 9.59 Å². The number of aromatic nitrogens is 1. The lowest BCUT2D eigenvalue weighted by molar-refractivity contribution is -0.125. The standard InChI is InChI=1S/C31H31N5O4/c1-19-24(18-36(3)29(38)10-7-20-15-25-31(33-17-20)34-28(37)11-13-32-25)23-5-4-6-27(30(23)39-19)40-22-9-8-21-12-14-35(2)26(21)16-22/h4-10,15-17,32H,11-14,18H2,1-3H3,(H,33,34,37)/b10-7+. The maximum atomic E-state index is 13.0. The molecule has 0 unspecified atom stereocenters. The summed E-state index contributed by atoms with van der Waals surface area (Å²) < 4.78 is 12.4. The summed E-state index contributed by atoms with van der Waals surface area (Å²) in [6, 6.07) is 13.9. The monoisotopic (exact) mass is 537 g/mol. The number of aryl methyl sites for hydroxylation is 1. The topological polar surface area (TPSA) is 99.9 Å². The number of rotatable bonds is 6. The van der Waals surface area contributed by atoms with Crippen LogP contribution in [0, 0.1) is 6.92 Å². The molecule has 0 aliphatic carbocycles. The van der Waals surface area contributed by atoms with E-state index in [0.717, 1.165) is 46.7 Å². The van der Waals surface area contributed by atoms with Crippen LogP contribution in [0.5, 0.6) is 11.5 Å². The van der Waals surface area contributed by atoms with E-state index < -0.39 is 0 Å². The van der Waals surface area contributed by atoms with Gasteiger partial charge in [0.1, 0.15) is 11.5 Å². The van der Waals surface area contributed by atoms with Gasteiger partial charge in [0, 0.05) is 75.1 Å². The predicted molar refractivity (Wildman–Crippen MR) is 156 cm³/mol. The molecule has 2 aliphatic heterocycles. The number of hydrogen-bond acceptors (Lipinski definition) is 7. The second-order valence-corrected chi connectivity index (χ2v) is 10.3. The van der Waals surface area contributed by atoms with Crippen LogP contribution in [0.15, 0.2) is 59.2 Å². The van der Waals surface area contributed by atoms with Gasteiger partial charge in [0.15, 0.2) is 17.2 Å². The molecule has 0 bridgehead atoms. The molecule has 2 amide bonds. The number of furan rings is 1. The average Bonchev–Trinajstić information content (AvgIpc) is 3.40. The van der Waals surface area contributed by atoms with E-state index in [2.05, 4.69) is 39.7 Å². The average molecular weight is 538 g/mol. The van der Waals surface area contributed by atoms with Crippen molar-refractivity contribution in [2.24, 2.45) is 0 Å². The van der Waals surface area contributed by atoms with Crippen LogP contribution in [-0.4, -0.2) is 48.9 Å². The molecule has 2 N–H and O–H groups in total. The summed E-state index contributed by atoms with van der Waals surface area (Å²) in [6.07, 6.45) is 6.30. The van der Waals surface area contributed by atoms with Crippen molar-refractivity contribution in [2.45, 2.75) is 26.3 Å². The van der Waals surface area contributed by atoms with Crippen molar-refractivity contribution in [2.75, 3.05) is 42.7 Å². The zero-order valence-corrected chi connectivity index (χ0v) is 22.8. The third-order valence-corrected chi connectivity index (χ3v) is 7.42. The lowest BCUT2D eigenvalue weighted by Crippen LogP contribution is -2.24. The first-order valence-corrected chi connectivity index (χ1v) is 13.4. The highest BCUT2D eigenvalue weighted by Gasteiger charge is 2.20. The Labute approximate surface area is 232 Å². The Morgan fingerprint density at radius 2 is 2.10 bits per heavy atom. The highest BCUT2D eigenvalue weighted by Crippen LogP contribution is 2.38. The van der Waals surface area contributed by atoms with Gasteiger partial charge in [-0.2, -0.15) is 0 Å². The Hall–Kier alpha value is -4.79. The van der Waals surface area contributed by atoms with Gasteiger partial charge in [-0.05, 0) is 48.7 Å². The molecule has 2 aliphatic rings. The number of carbonyl (C=O) groups excluding carboxylic acids is 2. The van der Waals surface area contributed by atoms with Crippen molar-refractivity contribution in [3.05, 3.63) is 77.2 Å². The van der Waals surface area contributed by atoms with Gasteiger partial charge in [0.05, 0.1) is 5.69 Å². The second kappa shape index (κ2) is 10.4. The molecule has 0 radical (unpaired) electrons. The van der Waals surface area contributed by atoms with Gasteiger partial charge in [0.2, 0.25) is 11.8 Å². The molecule has 9 heteroatoms. The van der Waals surface area contributed by atoms with Crippen LogP contribution in [0.25, 0.3) is 17.0 Å². The number of benzene rings is 2. The molecule has 2 aromatic carbocycles. The first-order valence-electron chi connectivity index (χ1n) is 13.4. The van der Waals surface area contributed by atoms with Crippen molar-refractivity contribution in [3.63, 3.8) is 0 Å². The van der Waals surface area contributed by atoms with E-state index in [1.54, 1.807) is 24.2 Å². The summed E-state index contributed by atoms with van der Waals surface area (Å²) in [6.45, 7) is 3.83. The molecule has 40 heavy (non-hydrogen) atoms. The molecule has 9 nitrogen and oxygen atoms in total. The minimum atomic E-state index is -0.153. The lowest BCUT2D eigenvalue weighted by Gasteiger charge is -2.15. The van der Waals surface area contributed by atoms with Crippen molar-refractivity contribution < 1.29 is 18.7 Å². The van der Waals surface area contributed by atoms with Crippen LogP contribution in [0.1, 0.15) is 28.9 Å². The summed E-state index contributed by atoms with van der Waals surface area (Å²) in [5.74, 6) is 2.42. The van der Waals surface area contributed by atoms with Gasteiger partial charge in [0.25, 0.3) is 0 Å². The van der Waals surface area contributed by atoms with Crippen LogP contribution < -0.4 is 20.3 Å². The number of para-hydroxylation sites is 1. The number of fused-ring (bicyclic) bond motifs is 3. The number of ether oxygens (including phenoxy) is 1. The SMILES string of the molecule is Cc1oc2c(Oc3ccc4c(c3)N(C)CC4)cccc2c1CN(C)C(=O)/C=C/c1cnc2c(c1)NCCC(=O)N2. The van der Waals surface area contributed by atoms with Crippen LogP contribution >= 0.6 is 0 Å². The highest BCUT2D eigenvalue weighted by molar-refractivity contribution is 5.96. The van der Waals surface area contributed by atoms with E-state index in [0.29, 0.717) is 36.7 Å². The van der Waals surface area contributed by atoms with Gasteiger partial charge in [-0.3, -0.25) is 9.59 Å². The van der Waals surface area contributed by atoms with E-state index >= 15 is 0 Å². The molecule has 0 fully saturated rings. The molecule has 6 rings (SSSR count). The number of nitrogens with zero attached hydrogens (tertiary/aromatic N) is 3. The van der Waals surface area contributed by atoms with Crippen LogP contribution in [-0.2, 0) is 22.6 Å². The summed E-state index contributed by atoms with van der Waals surface area (Å²) in [5, 5.41) is 6.89. The molecule has 0 saturated carbocycles. The lowest BCUT2D eigenvalue weighted by atomic mass is 10.1. The van der Waals surface area contributed by atoms with Crippen LogP contribution in [0.2, 0.25) is 0 Å². The molecule has 0 saturated heterocycles. The van der Waals surface area contributed by atoms with Gasteiger partial charge in [-0.25, -0.2) is 4.98 Å². The molecular formula is C31H31N5O4. The van der Waals surface area contributed by atoms with E-state index in [-0.39, 0.29) is 11.8 Å². The first kappa shape index (κ1) is 25.5. The number of nitrogens with one attached hydrogen (secondary N) is 2. The summed E-state index contributed by atoms with van der Waals surface area (Å²) >= 11 is 0. The van der Waals surface area contributed by atoms with Crippen molar-refractivity contribution >= 4 is 46.1 Å². The number of pyridine rings is 1. The van der Waals surface area contributed by atoms with Crippen LogP contribution in [0.4, 0.5) is 17.2 Å². The zero-order valence-electron chi connectivity index (χ0n) is 22.8. The smallest absolute Gasteiger partial charge is 0.246 e. The van der Waals surface area contributed by atoms with Gasteiger partial charge >= 0.3 is 0 Å². The Morgan fingerprint density at radius 1 is 1.23 bits per heavy atom. The van der Waals surface area contributed by atoms with E-state index in [1.807, 2.05) is 37.3 Å². The summed E-state index contributed by atoms with van der Waals surface area (Å²) in [4.78, 5) is 32.9. The number of amides is 2. The number of likely N-dealkylation sites (N-methyl/N-ethyl adjacent to an activating group) is 2. The fourth-order valence-corrected chi connectivity index (χ4v) is 5.17. The Kier molecular flexibility index (Phi) is 6.63. The predicted octanol–water partition coefficient (Wildman–Crippen LogP) is 5.35. The first-order chi connectivity index (χ1) is 19.4. The maximum absolute atomic E-state index is 13.0. The number of anilines is 3. The summed E-state index contributed by atoms with van der Waals surface area (Å²) in [5.41, 5.74) is 5.61. The number of carbonyl (C=O) groups is 2. The molecule has 0 atom stereocenters. The second-order valence-electron chi connectivity index (χ2n) is 10.3. The summed E-state index contributed by atoms with van der Waals surface area (Å²) in [7, 11) is 3.85. The van der Waals surface area contributed by atoms with Crippen molar-refractivity contribution in [1.82, 2.24) is 9.88 Å². The normalized spacial score (nSPS) is 14.5. The van der Waals surface area contributed by atoms with Gasteiger partial charge in [-0.1, -0.05) is 18.2 Å². The molecular weight excluding hydrogens is 506 g/mol. The Bertz CT molecular complexity index is 1660. The quantitative estimate of drug-likeness (QED) is 0.320. The third-order valence-electron chi connectivity index (χ3n) is 7.42. The molecule has 0 spiro atoms. The minimum absolute atomic E-state index is 0.0735. The Morgan fingerprint density at radius 3 is 2.98 bits per heavy atom. The third kappa shape index (κ3) is 4.98. The highest BCUT2D eigenvalue weighted by atomic mass is 16.5. The number of hydrogen-bond donors (Lipinski definition) is 2. The minimum Gasteiger partial charge on any atom is -0.457 e. The molecule has 2 aromatic heterocycles. The van der Waals surface area contributed by atoms with E-state index in [1.165, 1.54) is 17.3 Å².